The number of para-hydroxylation sites is 2. The van der Waals surface area contributed by atoms with Crippen LogP contribution in [0.2, 0.25) is 0 Å². The predicted octanol–water partition coefficient (Wildman–Crippen LogP) is 4.92. The number of aryl methyl sites for hydroxylation is 1. The van der Waals surface area contributed by atoms with Gasteiger partial charge in [-0.3, -0.25) is 9.88 Å². The Morgan fingerprint density at radius 3 is 2.63 bits per heavy atom. The number of benzene rings is 2. The molecule has 2 aromatic heterocycles. The highest BCUT2D eigenvalue weighted by Crippen LogP contribution is 2.23. The van der Waals surface area contributed by atoms with Crippen LogP contribution in [-0.2, 0) is 19.6 Å². The van der Waals surface area contributed by atoms with Crippen LogP contribution in [0, 0.1) is 0 Å². The van der Waals surface area contributed by atoms with Crippen LogP contribution in [0.25, 0.3) is 10.9 Å². The minimum Gasteiger partial charge on any atom is -0.494 e. The van der Waals surface area contributed by atoms with E-state index in [9.17, 15) is 0 Å². The predicted molar refractivity (Wildman–Crippen MR) is 120 cm³/mol. The Morgan fingerprint density at radius 1 is 0.933 bits per heavy atom. The molecule has 4 aromatic rings. The van der Waals surface area contributed by atoms with E-state index in [0.29, 0.717) is 6.61 Å². The van der Waals surface area contributed by atoms with Crippen LogP contribution in [0.15, 0.2) is 79.5 Å². The van der Waals surface area contributed by atoms with E-state index in [4.69, 9.17) is 4.74 Å². The third-order valence-electron chi connectivity index (χ3n) is 5.23. The summed E-state index contributed by atoms with van der Waals surface area (Å²) >= 11 is 0. The molecule has 0 aliphatic carbocycles. The van der Waals surface area contributed by atoms with Crippen LogP contribution in [-0.4, -0.2) is 32.6 Å². The molecule has 0 aliphatic rings. The summed E-state index contributed by atoms with van der Waals surface area (Å²) in [6.07, 6.45) is 8.65. The summed E-state index contributed by atoms with van der Waals surface area (Å²) in [5.41, 5.74) is 3.55. The first kappa shape index (κ1) is 20.1. The van der Waals surface area contributed by atoms with Gasteiger partial charge in [-0.1, -0.05) is 42.5 Å². The molecule has 0 fully saturated rings. The fourth-order valence-corrected chi connectivity index (χ4v) is 3.82. The van der Waals surface area contributed by atoms with Gasteiger partial charge in [-0.15, -0.1) is 0 Å². The molecule has 0 aliphatic heterocycles. The van der Waals surface area contributed by atoms with Crippen molar-refractivity contribution in [3.8, 4) is 5.75 Å². The summed E-state index contributed by atoms with van der Waals surface area (Å²) < 4.78 is 8.00. The standard InChI is InChI=1S/C25H28N4O/c1-2-30-24-12-4-3-8-22(24)18-29(16-7-15-28-17-14-26-20-28)19-23-10-5-9-21-11-6-13-27-25(21)23/h3-6,8-14,17,20H,2,7,15-16,18-19H2,1H3. The van der Waals surface area contributed by atoms with Gasteiger partial charge in [0.25, 0.3) is 0 Å². The van der Waals surface area contributed by atoms with E-state index in [-0.39, 0.29) is 0 Å². The number of pyridine rings is 1. The van der Waals surface area contributed by atoms with E-state index < -0.39 is 0 Å². The van der Waals surface area contributed by atoms with E-state index >= 15 is 0 Å². The lowest BCUT2D eigenvalue weighted by Gasteiger charge is -2.24. The van der Waals surface area contributed by atoms with E-state index in [1.165, 1.54) is 16.5 Å². The van der Waals surface area contributed by atoms with Crippen LogP contribution < -0.4 is 4.74 Å². The fraction of sp³-hybridized carbons (Fsp3) is 0.280. The van der Waals surface area contributed by atoms with Crippen LogP contribution in [0.5, 0.6) is 5.75 Å². The Bertz CT molecular complexity index is 1060. The number of ether oxygens (including phenoxy) is 1. The van der Waals surface area contributed by atoms with Crippen molar-refractivity contribution in [1.29, 1.82) is 0 Å². The zero-order valence-corrected chi connectivity index (χ0v) is 17.4. The Kier molecular flexibility index (Phi) is 6.72. The van der Waals surface area contributed by atoms with Crippen LogP contribution in [0.4, 0.5) is 0 Å². The molecular formula is C25H28N4O. The van der Waals surface area contributed by atoms with Crippen molar-refractivity contribution in [3.63, 3.8) is 0 Å². The number of rotatable bonds is 10. The summed E-state index contributed by atoms with van der Waals surface area (Å²) in [5, 5.41) is 1.18. The normalized spacial score (nSPS) is 11.3. The van der Waals surface area contributed by atoms with Crippen molar-refractivity contribution in [2.45, 2.75) is 33.0 Å². The first-order valence-electron chi connectivity index (χ1n) is 10.5. The molecule has 4 rings (SSSR count). The maximum absolute atomic E-state index is 5.87. The lowest BCUT2D eigenvalue weighted by molar-refractivity contribution is 0.242. The maximum atomic E-state index is 5.87. The summed E-state index contributed by atoms with van der Waals surface area (Å²) in [6, 6.07) is 18.9. The summed E-state index contributed by atoms with van der Waals surface area (Å²) in [7, 11) is 0. The maximum Gasteiger partial charge on any atom is 0.123 e. The topological polar surface area (TPSA) is 43.2 Å². The molecule has 0 atom stereocenters. The molecule has 5 heteroatoms. The smallest absolute Gasteiger partial charge is 0.123 e. The molecular weight excluding hydrogens is 372 g/mol. The average Bonchev–Trinajstić information content (AvgIpc) is 3.29. The summed E-state index contributed by atoms with van der Waals surface area (Å²) in [6.45, 7) is 6.31. The van der Waals surface area contributed by atoms with E-state index in [1.54, 1.807) is 0 Å². The monoisotopic (exact) mass is 400 g/mol. The molecule has 0 spiro atoms. The van der Waals surface area contributed by atoms with Gasteiger partial charge in [0.1, 0.15) is 5.75 Å². The minimum atomic E-state index is 0.672. The Balaban J connectivity index is 1.54. The highest BCUT2D eigenvalue weighted by molar-refractivity contribution is 5.81. The molecule has 0 saturated carbocycles. The summed E-state index contributed by atoms with van der Waals surface area (Å²) in [5.74, 6) is 0.968. The molecule has 2 heterocycles. The molecule has 30 heavy (non-hydrogen) atoms. The SMILES string of the molecule is CCOc1ccccc1CN(CCCn1ccnc1)Cc1cccc2cccnc12. The van der Waals surface area contributed by atoms with E-state index in [1.807, 2.05) is 44.0 Å². The largest absolute Gasteiger partial charge is 0.494 e. The van der Waals surface area contributed by atoms with Gasteiger partial charge in [-0.25, -0.2) is 4.98 Å². The second-order valence-corrected chi connectivity index (χ2v) is 7.40. The number of fused-ring (bicyclic) bond motifs is 1. The van der Waals surface area contributed by atoms with Gasteiger partial charge in [-0.05, 0) is 31.0 Å². The van der Waals surface area contributed by atoms with Crippen molar-refractivity contribution in [2.75, 3.05) is 13.2 Å². The highest BCUT2D eigenvalue weighted by Gasteiger charge is 2.13. The molecule has 0 N–H and O–H groups in total. The van der Waals surface area contributed by atoms with Crippen LogP contribution in [0.1, 0.15) is 24.5 Å². The molecule has 0 unspecified atom stereocenters. The Hall–Kier alpha value is -3.18. The lowest BCUT2D eigenvalue weighted by atomic mass is 10.1. The van der Waals surface area contributed by atoms with Gasteiger partial charge in [-0.2, -0.15) is 0 Å². The van der Waals surface area contributed by atoms with E-state index in [0.717, 1.165) is 43.9 Å². The fourth-order valence-electron chi connectivity index (χ4n) is 3.82. The number of imidazole rings is 1. The van der Waals surface area contributed by atoms with Gasteiger partial charge in [0.2, 0.25) is 0 Å². The number of aromatic nitrogens is 3. The van der Waals surface area contributed by atoms with Crippen molar-refractivity contribution >= 4 is 10.9 Å². The van der Waals surface area contributed by atoms with Crippen LogP contribution in [0.3, 0.4) is 0 Å². The zero-order valence-electron chi connectivity index (χ0n) is 17.4. The first-order chi connectivity index (χ1) is 14.8. The Labute approximate surface area is 178 Å². The van der Waals surface area contributed by atoms with Gasteiger partial charge < -0.3 is 9.30 Å². The third-order valence-corrected chi connectivity index (χ3v) is 5.23. The summed E-state index contributed by atoms with van der Waals surface area (Å²) in [4.78, 5) is 11.3. The number of hydrogen-bond acceptors (Lipinski definition) is 4. The quantitative estimate of drug-likeness (QED) is 0.379. The molecule has 0 radical (unpaired) electrons. The minimum absolute atomic E-state index is 0.672. The molecule has 0 saturated heterocycles. The van der Waals surface area contributed by atoms with Crippen molar-refractivity contribution < 1.29 is 4.74 Å². The second kappa shape index (κ2) is 10.0. The van der Waals surface area contributed by atoms with Gasteiger partial charge in [0.05, 0.1) is 18.5 Å². The molecule has 154 valence electrons. The van der Waals surface area contributed by atoms with Gasteiger partial charge in [0, 0.05) is 55.7 Å². The van der Waals surface area contributed by atoms with E-state index in [2.05, 4.69) is 61.9 Å². The molecule has 2 aromatic carbocycles. The Morgan fingerprint density at radius 2 is 1.77 bits per heavy atom. The molecule has 0 bridgehead atoms. The highest BCUT2D eigenvalue weighted by atomic mass is 16.5. The van der Waals surface area contributed by atoms with Gasteiger partial charge >= 0.3 is 0 Å². The lowest BCUT2D eigenvalue weighted by Crippen LogP contribution is -2.25. The molecule has 0 amide bonds. The first-order valence-corrected chi connectivity index (χ1v) is 10.5. The second-order valence-electron chi connectivity index (χ2n) is 7.40. The van der Waals surface area contributed by atoms with Crippen LogP contribution >= 0.6 is 0 Å². The third kappa shape index (κ3) is 5.05. The zero-order chi connectivity index (χ0) is 20.6. The van der Waals surface area contributed by atoms with Gasteiger partial charge in [0.15, 0.2) is 0 Å². The van der Waals surface area contributed by atoms with Crippen molar-refractivity contribution in [2.24, 2.45) is 0 Å². The van der Waals surface area contributed by atoms with Crippen molar-refractivity contribution in [3.05, 3.63) is 90.6 Å². The number of hydrogen-bond donors (Lipinski definition) is 0. The van der Waals surface area contributed by atoms with Crippen molar-refractivity contribution in [1.82, 2.24) is 19.4 Å². The number of nitrogens with zero attached hydrogens (tertiary/aromatic N) is 4. The molecule has 5 nitrogen and oxygen atoms in total. The average molecular weight is 401 g/mol.